The Bertz CT molecular complexity index is 1140. The largest absolute Gasteiger partial charge is 0.484 e. The zero-order valence-electron chi connectivity index (χ0n) is 18.4. The first-order chi connectivity index (χ1) is 16.0. The third-order valence-corrected chi connectivity index (χ3v) is 6.11. The quantitative estimate of drug-likeness (QED) is 0.386. The van der Waals surface area contributed by atoms with E-state index in [9.17, 15) is 19.5 Å². The molecule has 174 valence electrons. The van der Waals surface area contributed by atoms with Gasteiger partial charge in [-0.05, 0) is 36.1 Å². The Morgan fingerprint density at radius 1 is 1.15 bits per heavy atom. The van der Waals surface area contributed by atoms with Crippen molar-refractivity contribution in [3.8, 4) is 5.75 Å². The normalized spacial score (nSPS) is 11.8. The SMILES string of the molecule is CCCCc1cc(=O)oc2cc(OCC(=O)NC(CSCc3ccccc3)C(=O)O)ccc12. The van der Waals surface area contributed by atoms with Gasteiger partial charge in [0.05, 0.1) is 0 Å². The maximum absolute atomic E-state index is 12.3. The molecule has 8 heteroatoms. The van der Waals surface area contributed by atoms with Crippen molar-refractivity contribution >= 4 is 34.6 Å². The molecule has 2 N–H and O–H groups in total. The maximum atomic E-state index is 12.3. The summed E-state index contributed by atoms with van der Waals surface area (Å²) in [6.07, 6.45) is 2.76. The van der Waals surface area contributed by atoms with Crippen molar-refractivity contribution in [3.63, 3.8) is 0 Å². The van der Waals surface area contributed by atoms with Gasteiger partial charge in [0.1, 0.15) is 17.4 Å². The minimum Gasteiger partial charge on any atom is -0.484 e. The number of unbranched alkanes of at least 4 members (excludes halogenated alkanes) is 1. The zero-order valence-corrected chi connectivity index (χ0v) is 19.2. The second-order valence-electron chi connectivity index (χ2n) is 7.60. The monoisotopic (exact) mass is 469 g/mol. The predicted molar refractivity (Wildman–Crippen MR) is 129 cm³/mol. The third-order valence-electron chi connectivity index (χ3n) is 5.00. The van der Waals surface area contributed by atoms with Gasteiger partial charge < -0.3 is 19.6 Å². The van der Waals surface area contributed by atoms with Gasteiger partial charge in [-0.2, -0.15) is 11.8 Å². The fraction of sp³-hybridized carbons (Fsp3) is 0.320. The molecule has 0 saturated heterocycles. The topological polar surface area (TPSA) is 106 Å². The average molecular weight is 470 g/mol. The number of carboxylic acids is 1. The number of aryl methyl sites for hydroxylation is 1. The minimum atomic E-state index is -1.10. The lowest BCUT2D eigenvalue weighted by Crippen LogP contribution is -2.44. The molecule has 3 aromatic rings. The molecule has 0 fully saturated rings. The highest BCUT2D eigenvalue weighted by atomic mass is 32.2. The van der Waals surface area contributed by atoms with Gasteiger partial charge in [0.25, 0.3) is 5.91 Å². The van der Waals surface area contributed by atoms with Crippen LogP contribution in [0.15, 0.2) is 63.8 Å². The molecule has 0 bridgehead atoms. The van der Waals surface area contributed by atoms with Crippen molar-refractivity contribution in [2.24, 2.45) is 0 Å². The van der Waals surface area contributed by atoms with Gasteiger partial charge in [0.2, 0.25) is 0 Å². The highest BCUT2D eigenvalue weighted by Gasteiger charge is 2.20. The number of rotatable bonds is 12. The molecule has 1 amide bonds. The fourth-order valence-corrected chi connectivity index (χ4v) is 4.31. The van der Waals surface area contributed by atoms with Crippen molar-refractivity contribution in [3.05, 3.63) is 76.1 Å². The maximum Gasteiger partial charge on any atom is 0.336 e. The van der Waals surface area contributed by atoms with E-state index in [1.165, 1.54) is 17.8 Å². The van der Waals surface area contributed by atoms with Crippen LogP contribution in [0.3, 0.4) is 0 Å². The van der Waals surface area contributed by atoms with E-state index in [-0.39, 0.29) is 12.4 Å². The molecule has 0 saturated carbocycles. The van der Waals surface area contributed by atoms with Crippen LogP contribution in [0.4, 0.5) is 0 Å². The first-order valence-corrected chi connectivity index (χ1v) is 11.9. The number of ether oxygens (including phenoxy) is 1. The highest BCUT2D eigenvalue weighted by Crippen LogP contribution is 2.24. The van der Waals surface area contributed by atoms with E-state index >= 15 is 0 Å². The average Bonchev–Trinajstić information content (AvgIpc) is 2.80. The molecule has 0 radical (unpaired) electrons. The summed E-state index contributed by atoms with van der Waals surface area (Å²) in [7, 11) is 0. The smallest absolute Gasteiger partial charge is 0.336 e. The molecular formula is C25H27NO6S. The number of carbonyl (C=O) groups is 2. The summed E-state index contributed by atoms with van der Waals surface area (Å²) in [5.74, 6) is -0.396. The summed E-state index contributed by atoms with van der Waals surface area (Å²) in [4.78, 5) is 35.7. The Morgan fingerprint density at radius 2 is 1.94 bits per heavy atom. The van der Waals surface area contributed by atoms with Crippen molar-refractivity contribution < 1.29 is 23.8 Å². The number of aliphatic carboxylic acids is 1. The van der Waals surface area contributed by atoms with Crippen LogP contribution in [0.1, 0.15) is 30.9 Å². The Balaban J connectivity index is 1.56. The molecule has 0 aliphatic heterocycles. The van der Waals surface area contributed by atoms with E-state index in [0.717, 1.165) is 35.8 Å². The molecule has 0 spiro atoms. The number of fused-ring (bicyclic) bond motifs is 1. The van der Waals surface area contributed by atoms with Crippen LogP contribution in [0.25, 0.3) is 11.0 Å². The lowest BCUT2D eigenvalue weighted by Gasteiger charge is -2.15. The van der Waals surface area contributed by atoms with Crippen LogP contribution in [-0.4, -0.2) is 35.4 Å². The number of thioether (sulfide) groups is 1. The van der Waals surface area contributed by atoms with Gasteiger partial charge in [-0.25, -0.2) is 9.59 Å². The predicted octanol–water partition coefficient (Wildman–Crippen LogP) is 4.02. The van der Waals surface area contributed by atoms with Crippen LogP contribution in [0, 0.1) is 0 Å². The lowest BCUT2D eigenvalue weighted by molar-refractivity contribution is -0.141. The number of nitrogens with one attached hydrogen (secondary N) is 1. The van der Waals surface area contributed by atoms with E-state index in [2.05, 4.69) is 12.2 Å². The number of hydrogen-bond donors (Lipinski definition) is 2. The summed E-state index contributed by atoms with van der Waals surface area (Å²) < 4.78 is 10.8. The molecule has 3 rings (SSSR count). The van der Waals surface area contributed by atoms with Gasteiger partial charge in [0.15, 0.2) is 6.61 Å². The van der Waals surface area contributed by atoms with E-state index in [4.69, 9.17) is 9.15 Å². The van der Waals surface area contributed by atoms with Gasteiger partial charge in [-0.1, -0.05) is 43.7 Å². The van der Waals surface area contributed by atoms with Gasteiger partial charge in [-0.15, -0.1) is 0 Å². The standard InChI is InChI=1S/C25H27NO6S/c1-2-3-9-18-12-24(28)32-22-13-19(10-11-20(18)22)31-14-23(27)26-21(25(29)30)16-33-15-17-7-5-4-6-8-17/h4-8,10-13,21H,2-3,9,14-16H2,1H3,(H,26,27)(H,29,30). The Kier molecular flexibility index (Phi) is 8.95. The first-order valence-electron chi connectivity index (χ1n) is 10.8. The van der Waals surface area contributed by atoms with Crippen LogP contribution >= 0.6 is 11.8 Å². The van der Waals surface area contributed by atoms with Gasteiger partial charge >= 0.3 is 11.6 Å². The summed E-state index contributed by atoms with van der Waals surface area (Å²) >= 11 is 1.43. The Hall–Kier alpha value is -3.26. The Morgan fingerprint density at radius 3 is 2.67 bits per heavy atom. The van der Waals surface area contributed by atoms with Gasteiger partial charge in [-0.3, -0.25) is 4.79 Å². The number of carboxylic acid groups (broad SMARTS) is 1. The number of hydrogen-bond acceptors (Lipinski definition) is 6. The van der Waals surface area contributed by atoms with E-state index in [1.807, 2.05) is 30.3 Å². The number of amides is 1. The first kappa shape index (κ1) is 24.4. The highest BCUT2D eigenvalue weighted by molar-refractivity contribution is 7.98. The molecule has 33 heavy (non-hydrogen) atoms. The fourth-order valence-electron chi connectivity index (χ4n) is 3.30. The summed E-state index contributed by atoms with van der Waals surface area (Å²) in [5, 5.41) is 12.8. The summed E-state index contributed by atoms with van der Waals surface area (Å²) in [6.45, 7) is 1.74. The van der Waals surface area contributed by atoms with Crippen molar-refractivity contribution in [2.45, 2.75) is 38.0 Å². The van der Waals surface area contributed by atoms with Crippen molar-refractivity contribution in [2.75, 3.05) is 12.4 Å². The van der Waals surface area contributed by atoms with Crippen molar-refractivity contribution in [1.29, 1.82) is 0 Å². The minimum absolute atomic E-state index is 0.234. The molecule has 0 aliphatic carbocycles. The Labute approximate surface area is 196 Å². The number of benzene rings is 2. The third kappa shape index (κ3) is 7.39. The van der Waals surface area contributed by atoms with E-state index < -0.39 is 23.5 Å². The molecule has 1 aromatic heterocycles. The zero-order chi connectivity index (χ0) is 23.6. The molecule has 0 aliphatic rings. The summed E-state index contributed by atoms with van der Waals surface area (Å²) in [6, 6.07) is 15.3. The lowest BCUT2D eigenvalue weighted by atomic mass is 10.0. The number of carbonyl (C=O) groups excluding carboxylic acids is 1. The van der Waals surface area contributed by atoms with E-state index in [1.54, 1.807) is 18.2 Å². The summed E-state index contributed by atoms with van der Waals surface area (Å²) in [5.41, 5.74) is 1.97. The molecule has 2 aromatic carbocycles. The molecule has 1 heterocycles. The van der Waals surface area contributed by atoms with Crippen molar-refractivity contribution in [1.82, 2.24) is 5.32 Å². The molecule has 1 atom stereocenters. The van der Waals surface area contributed by atoms with Crippen LogP contribution in [-0.2, 0) is 21.8 Å². The van der Waals surface area contributed by atoms with Crippen LogP contribution in [0.5, 0.6) is 5.75 Å². The molecular weight excluding hydrogens is 442 g/mol. The van der Waals surface area contributed by atoms with Crippen LogP contribution in [0.2, 0.25) is 0 Å². The second-order valence-corrected chi connectivity index (χ2v) is 8.63. The van der Waals surface area contributed by atoms with Crippen LogP contribution < -0.4 is 15.7 Å². The van der Waals surface area contributed by atoms with Gasteiger partial charge in [0, 0.05) is 29.0 Å². The molecule has 1 unspecified atom stereocenters. The second kappa shape index (κ2) is 12.1. The van der Waals surface area contributed by atoms with E-state index in [0.29, 0.717) is 17.1 Å². The molecule has 7 nitrogen and oxygen atoms in total.